The van der Waals surface area contributed by atoms with Crippen LogP contribution in [0.3, 0.4) is 0 Å². The average Bonchev–Trinajstić information content (AvgIpc) is 2.61. The van der Waals surface area contributed by atoms with Gasteiger partial charge in [-0.25, -0.2) is 4.79 Å². The van der Waals surface area contributed by atoms with Crippen LogP contribution in [0.25, 0.3) is 0 Å². The van der Waals surface area contributed by atoms with Gasteiger partial charge in [-0.15, -0.1) is 0 Å². The average molecular weight is 206 g/mol. The molecule has 0 aromatic carbocycles. The molecule has 1 aliphatic rings. The second-order valence-corrected chi connectivity index (χ2v) is 3.36. The fourth-order valence-corrected chi connectivity index (χ4v) is 1.75. The minimum Gasteiger partial charge on any atom is -0.480 e. The first-order chi connectivity index (χ1) is 7.20. The van der Waals surface area contributed by atoms with E-state index in [4.69, 9.17) is 5.11 Å². The number of amides is 1. The minimum absolute atomic E-state index is 0.145. The van der Waals surface area contributed by atoms with Gasteiger partial charge in [0.15, 0.2) is 0 Å². The van der Waals surface area contributed by atoms with E-state index in [0.717, 1.165) is 0 Å². The summed E-state index contributed by atoms with van der Waals surface area (Å²) < 4.78 is 0. The van der Waals surface area contributed by atoms with Gasteiger partial charge in [-0.3, -0.25) is 14.7 Å². The molecule has 1 fully saturated rings. The smallest absolute Gasteiger partial charge is 0.326 e. The van der Waals surface area contributed by atoms with Crippen molar-refractivity contribution in [2.45, 2.75) is 18.9 Å². The van der Waals surface area contributed by atoms with Crippen LogP contribution in [0.15, 0.2) is 24.5 Å². The number of aromatic nitrogens is 1. The van der Waals surface area contributed by atoms with Crippen LogP contribution < -0.4 is 4.90 Å². The molecule has 0 bridgehead atoms. The van der Waals surface area contributed by atoms with Crippen molar-refractivity contribution in [2.75, 3.05) is 4.90 Å². The number of carboxylic acid groups (broad SMARTS) is 1. The van der Waals surface area contributed by atoms with Crippen molar-refractivity contribution < 1.29 is 14.7 Å². The first-order valence-electron chi connectivity index (χ1n) is 4.65. The summed E-state index contributed by atoms with van der Waals surface area (Å²) in [6.07, 6.45) is 3.75. The molecular formula is C10H10N2O3. The molecule has 1 amide bonds. The highest BCUT2D eigenvalue weighted by molar-refractivity contribution is 6.02. The Hall–Kier alpha value is -1.91. The Labute approximate surface area is 86.3 Å². The molecule has 1 N–H and O–H groups in total. The molecule has 0 saturated carbocycles. The van der Waals surface area contributed by atoms with Crippen molar-refractivity contribution in [3.8, 4) is 0 Å². The number of carbonyl (C=O) groups excluding carboxylic acids is 1. The molecule has 15 heavy (non-hydrogen) atoms. The number of hydrogen-bond donors (Lipinski definition) is 1. The van der Waals surface area contributed by atoms with Gasteiger partial charge in [0.2, 0.25) is 5.91 Å². The second-order valence-electron chi connectivity index (χ2n) is 3.36. The lowest BCUT2D eigenvalue weighted by atomic mass is 10.2. The first-order valence-corrected chi connectivity index (χ1v) is 4.65. The Morgan fingerprint density at radius 2 is 2.13 bits per heavy atom. The molecule has 1 unspecified atom stereocenters. The summed E-state index contributed by atoms with van der Waals surface area (Å²) in [5, 5.41) is 8.95. The maximum atomic E-state index is 11.5. The Kier molecular flexibility index (Phi) is 2.37. The molecule has 1 saturated heterocycles. The molecule has 2 heterocycles. The summed E-state index contributed by atoms with van der Waals surface area (Å²) in [5.74, 6) is -1.11. The summed E-state index contributed by atoms with van der Waals surface area (Å²) in [6.45, 7) is 0. The highest BCUT2D eigenvalue weighted by Crippen LogP contribution is 2.25. The molecule has 1 aliphatic heterocycles. The van der Waals surface area contributed by atoms with E-state index in [2.05, 4.69) is 4.98 Å². The van der Waals surface area contributed by atoms with Gasteiger partial charge < -0.3 is 5.11 Å². The predicted octanol–water partition coefficient (Wildman–Crippen LogP) is 0.662. The standard InChI is InChI=1S/C10H10N2O3/c13-9-2-1-8(10(14)15)12(9)7-3-5-11-6-4-7/h3-6,8H,1-2H2,(H,14,15). The zero-order chi connectivity index (χ0) is 10.8. The number of aliphatic carboxylic acids is 1. The van der Waals surface area contributed by atoms with Crippen molar-refractivity contribution in [3.05, 3.63) is 24.5 Å². The van der Waals surface area contributed by atoms with Crippen LogP contribution in [0.2, 0.25) is 0 Å². The van der Waals surface area contributed by atoms with Crippen molar-refractivity contribution in [1.29, 1.82) is 0 Å². The van der Waals surface area contributed by atoms with Crippen molar-refractivity contribution in [3.63, 3.8) is 0 Å². The molecule has 78 valence electrons. The number of anilines is 1. The third kappa shape index (κ3) is 1.68. The molecule has 0 aliphatic carbocycles. The number of hydrogen-bond acceptors (Lipinski definition) is 3. The fraction of sp³-hybridized carbons (Fsp3) is 0.300. The van der Waals surface area contributed by atoms with Crippen LogP contribution in [0.1, 0.15) is 12.8 Å². The molecule has 2 rings (SSSR count). The highest BCUT2D eigenvalue weighted by atomic mass is 16.4. The lowest BCUT2D eigenvalue weighted by Crippen LogP contribution is -2.38. The summed E-state index contributed by atoms with van der Waals surface area (Å²) in [6, 6.07) is 2.54. The van der Waals surface area contributed by atoms with Crippen molar-refractivity contribution >= 4 is 17.6 Å². The summed E-state index contributed by atoms with van der Waals surface area (Å²) in [7, 11) is 0. The summed E-state index contributed by atoms with van der Waals surface area (Å²) in [5.41, 5.74) is 0.597. The molecule has 1 atom stereocenters. The number of rotatable bonds is 2. The monoisotopic (exact) mass is 206 g/mol. The third-order valence-electron chi connectivity index (χ3n) is 2.44. The van der Waals surface area contributed by atoms with Crippen LogP contribution in [-0.4, -0.2) is 28.0 Å². The number of pyridine rings is 1. The van der Waals surface area contributed by atoms with Crippen molar-refractivity contribution in [2.24, 2.45) is 0 Å². The van der Waals surface area contributed by atoms with Crippen LogP contribution >= 0.6 is 0 Å². The predicted molar refractivity (Wildman–Crippen MR) is 52.4 cm³/mol. The van der Waals surface area contributed by atoms with Gasteiger partial charge >= 0.3 is 5.97 Å². The lowest BCUT2D eigenvalue weighted by molar-refractivity contribution is -0.138. The normalized spacial score (nSPS) is 20.7. The first kappa shape index (κ1) is 9.64. The zero-order valence-corrected chi connectivity index (χ0v) is 7.96. The van der Waals surface area contributed by atoms with Gasteiger partial charge in [0, 0.05) is 24.5 Å². The third-order valence-corrected chi connectivity index (χ3v) is 2.44. The SMILES string of the molecule is O=C(O)C1CCC(=O)N1c1ccncc1. The van der Waals surface area contributed by atoms with Gasteiger partial charge in [-0.05, 0) is 18.6 Å². The number of carboxylic acids is 1. The van der Waals surface area contributed by atoms with E-state index in [1.807, 2.05) is 0 Å². The van der Waals surface area contributed by atoms with E-state index in [1.54, 1.807) is 24.5 Å². The quantitative estimate of drug-likeness (QED) is 0.771. The van der Waals surface area contributed by atoms with E-state index < -0.39 is 12.0 Å². The molecular weight excluding hydrogens is 196 g/mol. The molecule has 5 heteroatoms. The van der Waals surface area contributed by atoms with E-state index >= 15 is 0 Å². The van der Waals surface area contributed by atoms with Crippen LogP contribution in [-0.2, 0) is 9.59 Å². The van der Waals surface area contributed by atoms with Gasteiger partial charge in [0.05, 0.1) is 0 Å². The largest absolute Gasteiger partial charge is 0.480 e. The second kappa shape index (κ2) is 3.68. The zero-order valence-electron chi connectivity index (χ0n) is 7.96. The highest BCUT2D eigenvalue weighted by Gasteiger charge is 2.36. The van der Waals surface area contributed by atoms with Crippen molar-refractivity contribution in [1.82, 2.24) is 4.98 Å². The van der Waals surface area contributed by atoms with E-state index in [1.165, 1.54) is 4.90 Å². The van der Waals surface area contributed by atoms with Crippen LogP contribution in [0.5, 0.6) is 0 Å². The van der Waals surface area contributed by atoms with E-state index in [0.29, 0.717) is 18.5 Å². The van der Waals surface area contributed by atoms with E-state index in [9.17, 15) is 9.59 Å². The topological polar surface area (TPSA) is 70.5 Å². The molecule has 0 spiro atoms. The maximum Gasteiger partial charge on any atom is 0.326 e. The van der Waals surface area contributed by atoms with Crippen LogP contribution in [0.4, 0.5) is 5.69 Å². The van der Waals surface area contributed by atoms with Gasteiger partial charge in [0.1, 0.15) is 6.04 Å². The summed E-state index contributed by atoms with van der Waals surface area (Å²) >= 11 is 0. The Morgan fingerprint density at radius 3 is 2.73 bits per heavy atom. The van der Waals surface area contributed by atoms with Gasteiger partial charge in [-0.2, -0.15) is 0 Å². The fourth-order valence-electron chi connectivity index (χ4n) is 1.75. The van der Waals surface area contributed by atoms with Crippen LogP contribution in [0, 0.1) is 0 Å². The maximum absolute atomic E-state index is 11.5. The number of carbonyl (C=O) groups is 2. The Morgan fingerprint density at radius 1 is 1.47 bits per heavy atom. The summed E-state index contributed by atoms with van der Waals surface area (Å²) in [4.78, 5) is 27.6. The number of nitrogens with zero attached hydrogens (tertiary/aromatic N) is 2. The molecule has 0 radical (unpaired) electrons. The van der Waals surface area contributed by atoms with Gasteiger partial charge in [-0.1, -0.05) is 0 Å². The molecule has 5 nitrogen and oxygen atoms in total. The Balaban J connectivity index is 2.33. The van der Waals surface area contributed by atoms with Gasteiger partial charge in [0.25, 0.3) is 0 Å². The minimum atomic E-state index is -0.960. The lowest BCUT2D eigenvalue weighted by Gasteiger charge is -2.21. The molecule has 1 aromatic heterocycles. The van der Waals surface area contributed by atoms with E-state index in [-0.39, 0.29) is 5.91 Å². The molecule has 1 aromatic rings. The Bertz CT molecular complexity index is 391.